The number of aldehydes is 1. The zero-order valence-corrected chi connectivity index (χ0v) is 9.86. The molecule has 0 fully saturated rings. The first-order chi connectivity index (χ1) is 8.04. The maximum Gasteiger partial charge on any atom is 0.257 e. The highest BCUT2D eigenvalue weighted by molar-refractivity contribution is 6.06. The molecule has 2 aromatic rings. The molecule has 0 aliphatic rings. The summed E-state index contributed by atoms with van der Waals surface area (Å²) >= 11 is 0. The number of fused-ring (bicyclic) bond motifs is 1. The highest BCUT2D eigenvalue weighted by Gasteiger charge is 2.13. The average molecular weight is 227 g/mol. The number of rotatable bonds is 2. The molecule has 0 saturated carbocycles. The molecule has 1 aromatic heterocycles. The minimum Gasteiger partial charge on any atom is -0.298 e. The molecule has 0 unspecified atom stereocenters. The Morgan fingerprint density at radius 2 is 2.12 bits per heavy atom. The van der Waals surface area contributed by atoms with Crippen LogP contribution in [0.15, 0.2) is 36.5 Å². The molecule has 0 N–H and O–H groups in total. The Balaban J connectivity index is 2.78. The quantitative estimate of drug-likeness (QED) is 0.584. The summed E-state index contributed by atoms with van der Waals surface area (Å²) in [6.45, 7) is 7.24. The summed E-state index contributed by atoms with van der Waals surface area (Å²) in [5, 5.41) is 0.801. The van der Waals surface area contributed by atoms with Crippen molar-refractivity contribution in [2.24, 2.45) is 0 Å². The summed E-state index contributed by atoms with van der Waals surface area (Å²) in [5.41, 5.74) is 2.77. The monoisotopic (exact) mass is 227 g/mol. The fraction of sp³-hybridized carbons (Fsp3) is 0.143. The fourth-order valence-corrected chi connectivity index (χ4v) is 1.84. The zero-order valence-electron chi connectivity index (χ0n) is 9.86. The van der Waals surface area contributed by atoms with Crippen molar-refractivity contribution in [3.63, 3.8) is 0 Å². The van der Waals surface area contributed by atoms with E-state index in [2.05, 4.69) is 6.58 Å². The van der Waals surface area contributed by atoms with E-state index in [0.29, 0.717) is 11.1 Å². The van der Waals surface area contributed by atoms with E-state index in [0.717, 1.165) is 22.8 Å². The van der Waals surface area contributed by atoms with Gasteiger partial charge in [-0.1, -0.05) is 18.2 Å². The van der Waals surface area contributed by atoms with Gasteiger partial charge >= 0.3 is 0 Å². The van der Waals surface area contributed by atoms with E-state index < -0.39 is 0 Å². The topological polar surface area (TPSA) is 39.1 Å². The van der Waals surface area contributed by atoms with Crippen molar-refractivity contribution in [1.29, 1.82) is 0 Å². The summed E-state index contributed by atoms with van der Waals surface area (Å²) in [6.07, 6.45) is 2.33. The van der Waals surface area contributed by atoms with Crippen molar-refractivity contribution in [2.75, 3.05) is 0 Å². The van der Waals surface area contributed by atoms with Crippen LogP contribution in [0, 0.1) is 6.92 Å². The molecule has 1 aromatic carbocycles. The highest BCUT2D eigenvalue weighted by atomic mass is 16.2. The van der Waals surface area contributed by atoms with E-state index >= 15 is 0 Å². The predicted octanol–water partition coefficient (Wildman–Crippen LogP) is 2.98. The van der Waals surface area contributed by atoms with Crippen LogP contribution in [0.3, 0.4) is 0 Å². The van der Waals surface area contributed by atoms with Crippen molar-refractivity contribution in [1.82, 2.24) is 4.57 Å². The van der Waals surface area contributed by atoms with Gasteiger partial charge < -0.3 is 0 Å². The summed E-state index contributed by atoms with van der Waals surface area (Å²) in [4.78, 5) is 22.9. The van der Waals surface area contributed by atoms with E-state index in [9.17, 15) is 9.59 Å². The Morgan fingerprint density at radius 1 is 1.41 bits per heavy atom. The largest absolute Gasteiger partial charge is 0.298 e. The van der Waals surface area contributed by atoms with Crippen molar-refractivity contribution in [3.05, 3.63) is 47.7 Å². The van der Waals surface area contributed by atoms with Crippen LogP contribution in [-0.2, 0) is 0 Å². The normalized spacial score (nSPS) is 10.5. The van der Waals surface area contributed by atoms with Crippen molar-refractivity contribution < 1.29 is 9.59 Å². The maximum absolute atomic E-state index is 11.9. The molecule has 86 valence electrons. The first-order valence-electron chi connectivity index (χ1n) is 5.31. The van der Waals surface area contributed by atoms with Crippen LogP contribution in [0.1, 0.15) is 27.6 Å². The smallest absolute Gasteiger partial charge is 0.257 e. The third-order valence-electron chi connectivity index (χ3n) is 2.70. The molecule has 0 aliphatic heterocycles. The second-order valence-electron chi connectivity index (χ2n) is 4.18. The van der Waals surface area contributed by atoms with Crippen LogP contribution in [0.25, 0.3) is 10.9 Å². The number of hydrogen-bond donors (Lipinski definition) is 0. The van der Waals surface area contributed by atoms with E-state index in [4.69, 9.17) is 0 Å². The van der Waals surface area contributed by atoms with Crippen LogP contribution in [0.5, 0.6) is 0 Å². The molecule has 0 saturated heterocycles. The lowest BCUT2D eigenvalue weighted by atomic mass is 10.1. The molecule has 17 heavy (non-hydrogen) atoms. The average Bonchev–Trinajstić information content (AvgIpc) is 2.65. The summed E-state index contributed by atoms with van der Waals surface area (Å²) in [5.74, 6) is -0.188. The second-order valence-corrected chi connectivity index (χ2v) is 4.18. The molecule has 3 heteroatoms. The number of carbonyl (C=O) groups excluding carboxylic acids is 2. The number of hydrogen-bond acceptors (Lipinski definition) is 2. The van der Waals surface area contributed by atoms with Gasteiger partial charge in [-0.05, 0) is 26.0 Å². The van der Waals surface area contributed by atoms with Crippen molar-refractivity contribution >= 4 is 23.1 Å². The molecular weight excluding hydrogens is 214 g/mol. The lowest BCUT2D eigenvalue weighted by Gasteiger charge is -2.03. The van der Waals surface area contributed by atoms with Gasteiger partial charge in [-0.2, -0.15) is 0 Å². The van der Waals surface area contributed by atoms with E-state index in [1.54, 1.807) is 13.1 Å². The minimum atomic E-state index is -0.188. The molecule has 2 rings (SSSR count). The minimum absolute atomic E-state index is 0.188. The van der Waals surface area contributed by atoms with E-state index in [1.165, 1.54) is 4.57 Å². The van der Waals surface area contributed by atoms with Crippen LogP contribution in [0.2, 0.25) is 0 Å². The van der Waals surface area contributed by atoms with Crippen LogP contribution in [0.4, 0.5) is 0 Å². The van der Waals surface area contributed by atoms with Gasteiger partial charge in [0.05, 0.1) is 5.52 Å². The van der Waals surface area contributed by atoms with Gasteiger partial charge in [-0.25, -0.2) is 0 Å². The molecule has 0 atom stereocenters. The first kappa shape index (κ1) is 11.3. The lowest BCUT2D eigenvalue weighted by molar-refractivity contribution is 0.0960. The molecule has 0 spiro atoms. The molecule has 1 heterocycles. The van der Waals surface area contributed by atoms with Crippen molar-refractivity contribution in [3.8, 4) is 0 Å². The summed E-state index contributed by atoms with van der Waals surface area (Å²) in [7, 11) is 0. The van der Waals surface area contributed by atoms with Crippen molar-refractivity contribution in [2.45, 2.75) is 13.8 Å². The van der Waals surface area contributed by atoms with Gasteiger partial charge in [0.2, 0.25) is 0 Å². The summed E-state index contributed by atoms with van der Waals surface area (Å²) in [6, 6.07) is 5.67. The number of benzene rings is 1. The lowest BCUT2D eigenvalue weighted by Crippen LogP contribution is -2.09. The third kappa shape index (κ3) is 1.80. The Labute approximate surface area is 99.4 Å². The van der Waals surface area contributed by atoms with Gasteiger partial charge in [0.1, 0.15) is 0 Å². The van der Waals surface area contributed by atoms with Gasteiger partial charge in [0, 0.05) is 22.7 Å². The molecule has 3 nitrogen and oxygen atoms in total. The van der Waals surface area contributed by atoms with Gasteiger partial charge in [-0.3, -0.25) is 14.2 Å². The number of nitrogens with zero attached hydrogens (tertiary/aromatic N) is 1. The van der Waals surface area contributed by atoms with E-state index in [-0.39, 0.29) is 5.91 Å². The fourth-order valence-electron chi connectivity index (χ4n) is 1.84. The molecular formula is C14H13NO2. The SMILES string of the molecule is C=C(C)C(=O)n1cc(C=O)c2cc(C)ccc21. The van der Waals surface area contributed by atoms with Gasteiger partial charge in [0.15, 0.2) is 6.29 Å². The predicted molar refractivity (Wildman–Crippen MR) is 67.5 cm³/mol. The highest BCUT2D eigenvalue weighted by Crippen LogP contribution is 2.22. The summed E-state index contributed by atoms with van der Waals surface area (Å²) < 4.78 is 1.47. The second kappa shape index (κ2) is 4.01. The Bertz CT molecular complexity index is 635. The van der Waals surface area contributed by atoms with Crippen LogP contribution in [-0.4, -0.2) is 16.8 Å². The standard InChI is InChI=1S/C14H13NO2/c1-9(2)14(17)15-7-11(8-16)12-6-10(3)4-5-13(12)15/h4-8H,1H2,2-3H3. The number of carbonyl (C=O) groups is 2. The van der Waals surface area contributed by atoms with Crippen LogP contribution >= 0.6 is 0 Å². The van der Waals surface area contributed by atoms with Gasteiger partial charge in [0.25, 0.3) is 5.91 Å². The maximum atomic E-state index is 11.9. The van der Waals surface area contributed by atoms with Gasteiger partial charge in [-0.15, -0.1) is 0 Å². The molecule has 0 radical (unpaired) electrons. The molecule has 0 bridgehead atoms. The Hall–Kier alpha value is -2.16. The number of aromatic nitrogens is 1. The zero-order chi connectivity index (χ0) is 12.6. The first-order valence-corrected chi connectivity index (χ1v) is 5.31. The van der Waals surface area contributed by atoms with Crippen LogP contribution < -0.4 is 0 Å². The Kier molecular flexibility index (Phi) is 2.68. The number of aryl methyl sites for hydroxylation is 1. The third-order valence-corrected chi connectivity index (χ3v) is 2.70. The number of allylic oxidation sites excluding steroid dienone is 1. The Morgan fingerprint density at radius 3 is 2.71 bits per heavy atom. The molecule has 0 aliphatic carbocycles. The molecule has 0 amide bonds. The van der Waals surface area contributed by atoms with E-state index in [1.807, 2.05) is 25.1 Å².